The molecule has 0 spiro atoms. The second-order valence-electron chi connectivity index (χ2n) is 7.07. The molecule has 0 aliphatic carbocycles. The number of carbonyl (C=O) groups excluding carboxylic acids is 2. The highest BCUT2D eigenvalue weighted by Gasteiger charge is 2.23. The molecular weight excluding hydrogens is 348 g/mol. The minimum atomic E-state index is -0.214. The fourth-order valence-electron chi connectivity index (χ4n) is 3.40. The number of urea groups is 1. The number of rotatable bonds is 7. The average Bonchev–Trinajstić information content (AvgIpc) is 3.13. The molecule has 3 rings (SSSR count). The van der Waals surface area contributed by atoms with Crippen molar-refractivity contribution in [2.75, 3.05) is 33.2 Å². The molecule has 1 fully saturated rings. The Labute approximate surface area is 157 Å². The van der Waals surface area contributed by atoms with Gasteiger partial charge in [0.25, 0.3) is 0 Å². The zero-order chi connectivity index (χ0) is 19.2. The van der Waals surface area contributed by atoms with E-state index in [2.05, 4.69) is 25.2 Å². The molecule has 1 atom stereocenters. The Balaban J connectivity index is 1.37. The smallest absolute Gasteiger partial charge is 0.317 e. The second kappa shape index (κ2) is 8.81. The summed E-state index contributed by atoms with van der Waals surface area (Å²) in [6.45, 7) is 3.62. The minimum absolute atomic E-state index is 0.0447. The van der Waals surface area contributed by atoms with Gasteiger partial charge in [-0.3, -0.25) is 4.79 Å². The predicted molar refractivity (Wildman–Crippen MR) is 99.6 cm³/mol. The maximum atomic E-state index is 12.2. The van der Waals surface area contributed by atoms with E-state index in [4.69, 9.17) is 5.73 Å². The fourth-order valence-corrected chi connectivity index (χ4v) is 3.40. The van der Waals surface area contributed by atoms with Crippen LogP contribution in [0.4, 0.5) is 4.79 Å². The first-order valence-corrected chi connectivity index (χ1v) is 9.25. The summed E-state index contributed by atoms with van der Waals surface area (Å²) >= 11 is 0. The van der Waals surface area contributed by atoms with Crippen LogP contribution in [-0.2, 0) is 11.3 Å². The maximum Gasteiger partial charge on any atom is 0.317 e. The zero-order valence-corrected chi connectivity index (χ0v) is 15.6. The molecule has 2 aromatic rings. The molecule has 1 saturated heterocycles. The van der Waals surface area contributed by atoms with E-state index < -0.39 is 0 Å². The summed E-state index contributed by atoms with van der Waals surface area (Å²) in [5.74, 6) is -0.258. The van der Waals surface area contributed by atoms with E-state index in [0.29, 0.717) is 24.1 Å². The van der Waals surface area contributed by atoms with Crippen molar-refractivity contribution in [1.29, 1.82) is 0 Å². The van der Waals surface area contributed by atoms with Crippen molar-refractivity contribution in [2.45, 2.75) is 25.8 Å². The van der Waals surface area contributed by atoms with Crippen LogP contribution in [0.25, 0.3) is 11.0 Å². The fraction of sp³-hybridized carbons (Fsp3) is 0.556. The van der Waals surface area contributed by atoms with Gasteiger partial charge in [0.05, 0.1) is 5.92 Å². The first-order valence-electron chi connectivity index (χ1n) is 9.25. The highest BCUT2D eigenvalue weighted by Crippen LogP contribution is 2.16. The number of nitrogens with two attached hydrogens (primary N) is 1. The molecule has 9 nitrogen and oxygen atoms in total. The Morgan fingerprint density at radius 2 is 2.19 bits per heavy atom. The SMILES string of the molecule is CN(Cc1ccc2nonc2c1)C(=O)NCCCN1CCCC(C(N)=O)C1. The molecule has 1 aromatic heterocycles. The zero-order valence-electron chi connectivity index (χ0n) is 15.6. The van der Waals surface area contributed by atoms with Gasteiger partial charge in [0.1, 0.15) is 11.0 Å². The first-order chi connectivity index (χ1) is 13.0. The molecule has 3 N–H and O–H groups in total. The molecule has 1 aliphatic heterocycles. The van der Waals surface area contributed by atoms with Crippen molar-refractivity contribution in [3.05, 3.63) is 23.8 Å². The van der Waals surface area contributed by atoms with Gasteiger partial charge in [0.15, 0.2) is 0 Å². The van der Waals surface area contributed by atoms with Crippen molar-refractivity contribution in [3.63, 3.8) is 0 Å². The topological polar surface area (TPSA) is 118 Å². The number of amides is 3. The number of nitrogens with zero attached hydrogens (tertiary/aromatic N) is 4. The minimum Gasteiger partial charge on any atom is -0.369 e. The van der Waals surface area contributed by atoms with Crippen LogP contribution in [0.5, 0.6) is 0 Å². The van der Waals surface area contributed by atoms with E-state index in [1.807, 2.05) is 18.2 Å². The molecular formula is C18H26N6O3. The summed E-state index contributed by atoms with van der Waals surface area (Å²) in [5, 5.41) is 10.5. The number of fused-ring (bicyclic) bond motifs is 1. The number of benzene rings is 1. The van der Waals surface area contributed by atoms with Crippen LogP contribution in [-0.4, -0.2) is 65.3 Å². The van der Waals surface area contributed by atoms with Gasteiger partial charge in [-0.15, -0.1) is 0 Å². The van der Waals surface area contributed by atoms with Gasteiger partial charge in [-0.25, -0.2) is 9.42 Å². The normalized spacial score (nSPS) is 17.7. The second-order valence-corrected chi connectivity index (χ2v) is 7.07. The Hall–Kier alpha value is -2.68. The standard InChI is InChI=1S/C18H26N6O3/c1-23(11-13-5-6-15-16(10-13)22-27-21-15)18(26)20-7-3-9-24-8-2-4-14(12-24)17(19)25/h5-6,10,14H,2-4,7-9,11-12H2,1H3,(H2,19,25)(H,20,26). The number of carbonyl (C=O) groups is 2. The average molecular weight is 374 g/mol. The molecule has 0 saturated carbocycles. The summed E-state index contributed by atoms with van der Waals surface area (Å²) in [5.41, 5.74) is 7.74. The van der Waals surface area contributed by atoms with E-state index >= 15 is 0 Å². The van der Waals surface area contributed by atoms with E-state index in [0.717, 1.165) is 44.5 Å². The van der Waals surface area contributed by atoms with Crippen LogP contribution < -0.4 is 11.1 Å². The van der Waals surface area contributed by atoms with Crippen LogP contribution in [0.15, 0.2) is 22.8 Å². The van der Waals surface area contributed by atoms with Gasteiger partial charge in [-0.1, -0.05) is 6.07 Å². The van der Waals surface area contributed by atoms with Gasteiger partial charge in [-0.05, 0) is 60.4 Å². The summed E-state index contributed by atoms with van der Waals surface area (Å²) in [7, 11) is 1.75. The summed E-state index contributed by atoms with van der Waals surface area (Å²) in [6.07, 6.45) is 2.71. The van der Waals surface area contributed by atoms with Crippen molar-refractivity contribution >= 4 is 23.0 Å². The number of aromatic nitrogens is 2. The van der Waals surface area contributed by atoms with Gasteiger partial charge in [0.2, 0.25) is 5.91 Å². The Morgan fingerprint density at radius 1 is 1.37 bits per heavy atom. The quantitative estimate of drug-likeness (QED) is 0.697. The van der Waals surface area contributed by atoms with Crippen LogP contribution in [0.2, 0.25) is 0 Å². The third kappa shape index (κ3) is 5.16. The lowest BCUT2D eigenvalue weighted by Crippen LogP contribution is -2.42. The maximum absolute atomic E-state index is 12.2. The van der Waals surface area contributed by atoms with E-state index in [9.17, 15) is 9.59 Å². The Kier molecular flexibility index (Phi) is 6.23. The lowest BCUT2D eigenvalue weighted by atomic mass is 9.97. The van der Waals surface area contributed by atoms with Crippen LogP contribution in [0, 0.1) is 5.92 Å². The van der Waals surface area contributed by atoms with Crippen LogP contribution in [0.3, 0.4) is 0 Å². The first kappa shape index (κ1) is 19.1. The molecule has 3 amide bonds. The van der Waals surface area contributed by atoms with Crippen molar-refractivity contribution < 1.29 is 14.2 Å². The molecule has 1 aliphatic rings. The summed E-state index contributed by atoms with van der Waals surface area (Å²) < 4.78 is 4.68. The summed E-state index contributed by atoms with van der Waals surface area (Å²) in [4.78, 5) is 27.4. The van der Waals surface area contributed by atoms with Crippen LogP contribution in [0.1, 0.15) is 24.8 Å². The molecule has 2 heterocycles. The molecule has 27 heavy (non-hydrogen) atoms. The molecule has 9 heteroatoms. The van der Waals surface area contributed by atoms with Crippen molar-refractivity contribution in [1.82, 2.24) is 25.4 Å². The highest BCUT2D eigenvalue weighted by molar-refractivity contribution is 5.77. The highest BCUT2D eigenvalue weighted by atomic mass is 16.6. The number of primary amides is 1. The number of nitrogens with one attached hydrogen (secondary N) is 1. The molecule has 0 bridgehead atoms. The predicted octanol–water partition coefficient (Wildman–Crippen LogP) is 0.952. The van der Waals surface area contributed by atoms with Gasteiger partial charge in [0, 0.05) is 26.7 Å². The summed E-state index contributed by atoms with van der Waals surface area (Å²) in [6, 6.07) is 5.47. The number of likely N-dealkylation sites (tertiary alicyclic amines) is 1. The largest absolute Gasteiger partial charge is 0.369 e. The van der Waals surface area contributed by atoms with Gasteiger partial charge in [-0.2, -0.15) is 0 Å². The lowest BCUT2D eigenvalue weighted by Gasteiger charge is -2.31. The molecule has 1 unspecified atom stereocenters. The van der Waals surface area contributed by atoms with Gasteiger partial charge < -0.3 is 20.9 Å². The third-order valence-corrected chi connectivity index (χ3v) is 4.92. The van der Waals surface area contributed by atoms with Crippen molar-refractivity contribution in [3.8, 4) is 0 Å². The van der Waals surface area contributed by atoms with E-state index in [1.54, 1.807) is 11.9 Å². The Bertz CT molecular complexity index is 792. The Morgan fingerprint density at radius 3 is 3.00 bits per heavy atom. The lowest BCUT2D eigenvalue weighted by molar-refractivity contribution is -0.123. The number of hydrogen-bond donors (Lipinski definition) is 2. The number of piperidine rings is 1. The molecule has 0 radical (unpaired) electrons. The van der Waals surface area contributed by atoms with Crippen LogP contribution >= 0.6 is 0 Å². The van der Waals surface area contributed by atoms with E-state index in [1.165, 1.54) is 0 Å². The third-order valence-electron chi connectivity index (χ3n) is 4.92. The molecule has 1 aromatic carbocycles. The molecule has 146 valence electrons. The van der Waals surface area contributed by atoms with Gasteiger partial charge >= 0.3 is 6.03 Å². The van der Waals surface area contributed by atoms with Crippen molar-refractivity contribution in [2.24, 2.45) is 11.7 Å². The van der Waals surface area contributed by atoms with E-state index in [-0.39, 0.29) is 17.9 Å². The number of hydrogen-bond acceptors (Lipinski definition) is 6. The monoisotopic (exact) mass is 374 g/mol.